The highest BCUT2D eigenvalue weighted by Crippen LogP contribution is 2.24. The molecular formula is C22H25N3O3. The van der Waals surface area contributed by atoms with Gasteiger partial charge in [0.25, 0.3) is 5.91 Å². The van der Waals surface area contributed by atoms with Gasteiger partial charge in [-0.15, -0.1) is 10.2 Å². The maximum Gasteiger partial charge on any atom is 0.260 e. The molecule has 0 saturated carbocycles. The van der Waals surface area contributed by atoms with Gasteiger partial charge in [-0.05, 0) is 35.2 Å². The van der Waals surface area contributed by atoms with E-state index in [4.69, 9.17) is 9.15 Å². The van der Waals surface area contributed by atoms with E-state index in [1.54, 1.807) is 7.05 Å². The van der Waals surface area contributed by atoms with Gasteiger partial charge in [0.15, 0.2) is 6.61 Å². The lowest BCUT2D eigenvalue weighted by Crippen LogP contribution is -2.31. The fourth-order valence-corrected chi connectivity index (χ4v) is 2.61. The van der Waals surface area contributed by atoms with Gasteiger partial charge < -0.3 is 14.1 Å². The molecule has 146 valence electrons. The first-order chi connectivity index (χ1) is 13.3. The number of benzene rings is 2. The average Bonchev–Trinajstić information content (AvgIpc) is 3.15. The third kappa shape index (κ3) is 4.97. The number of nitrogens with zero attached hydrogens (tertiary/aromatic N) is 3. The maximum atomic E-state index is 12.3. The van der Waals surface area contributed by atoms with Gasteiger partial charge >= 0.3 is 0 Å². The Bertz CT molecular complexity index is 912. The molecular weight excluding hydrogens is 354 g/mol. The molecule has 0 bridgehead atoms. The molecule has 1 amide bonds. The normalized spacial score (nSPS) is 11.3. The second-order valence-corrected chi connectivity index (χ2v) is 7.68. The van der Waals surface area contributed by atoms with E-state index in [0.29, 0.717) is 17.5 Å². The number of amides is 1. The number of carbonyl (C=O) groups is 1. The van der Waals surface area contributed by atoms with Crippen LogP contribution in [0.5, 0.6) is 5.75 Å². The molecule has 0 aliphatic carbocycles. The number of rotatable bonds is 6. The van der Waals surface area contributed by atoms with E-state index in [1.165, 1.54) is 10.5 Å². The van der Waals surface area contributed by atoms with Crippen LogP contribution in [0.3, 0.4) is 0 Å². The molecule has 28 heavy (non-hydrogen) atoms. The van der Waals surface area contributed by atoms with Crippen molar-refractivity contribution in [2.24, 2.45) is 0 Å². The van der Waals surface area contributed by atoms with Gasteiger partial charge in [-0.1, -0.05) is 51.1 Å². The van der Waals surface area contributed by atoms with Crippen LogP contribution in [0.4, 0.5) is 0 Å². The molecule has 0 saturated heterocycles. The summed E-state index contributed by atoms with van der Waals surface area (Å²) < 4.78 is 11.3. The summed E-state index contributed by atoms with van der Waals surface area (Å²) >= 11 is 0. The largest absolute Gasteiger partial charge is 0.484 e. The summed E-state index contributed by atoms with van der Waals surface area (Å²) in [5.41, 5.74) is 2.14. The van der Waals surface area contributed by atoms with Gasteiger partial charge in [0.2, 0.25) is 11.8 Å². The van der Waals surface area contributed by atoms with Crippen molar-refractivity contribution >= 4 is 5.91 Å². The summed E-state index contributed by atoms with van der Waals surface area (Å²) in [6, 6.07) is 17.3. The van der Waals surface area contributed by atoms with Crippen molar-refractivity contribution in [1.82, 2.24) is 15.1 Å². The van der Waals surface area contributed by atoms with Crippen molar-refractivity contribution in [2.45, 2.75) is 32.7 Å². The predicted octanol–water partition coefficient (Wildman–Crippen LogP) is 4.07. The van der Waals surface area contributed by atoms with Gasteiger partial charge in [0.1, 0.15) is 5.75 Å². The van der Waals surface area contributed by atoms with Gasteiger partial charge in [0, 0.05) is 12.6 Å². The molecule has 0 fully saturated rings. The number of aromatic nitrogens is 2. The second-order valence-electron chi connectivity index (χ2n) is 7.68. The molecule has 0 N–H and O–H groups in total. The van der Waals surface area contributed by atoms with E-state index in [-0.39, 0.29) is 24.5 Å². The molecule has 0 aliphatic rings. The van der Waals surface area contributed by atoms with E-state index in [9.17, 15) is 4.79 Å². The molecule has 1 heterocycles. The third-order valence-corrected chi connectivity index (χ3v) is 4.37. The van der Waals surface area contributed by atoms with Gasteiger partial charge in [-0.2, -0.15) is 0 Å². The van der Waals surface area contributed by atoms with Crippen LogP contribution in [0.2, 0.25) is 0 Å². The zero-order chi connectivity index (χ0) is 20.1. The molecule has 3 rings (SSSR count). The van der Waals surface area contributed by atoms with Crippen LogP contribution in [0.25, 0.3) is 11.5 Å². The smallest absolute Gasteiger partial charge is 0.260 e. The zero-order valence-electron chi connectivity index (χ0n) is 16.7. The van der Waals surface area contributed by atoms with Crippen molar-refractivity contribution in [2.75, 3.05) is 13.7 Å². The maximum absolute atomic E-state index is 12.3. The van der Waals surface area contributed by atoms with Gasteiger partial charge in [-0.25, -0.2) is 0 Å². The Morgan fingerprint density at radius 1 is 1.04 bits per heavy atom. The molecule has 0 atom stereocenters. The molecule has 0 unspecified atom stereocenters. The van der Waals surface area contributed by atoms with Crippen LogP contribution < -0.4 is 4.74 Å². The Labute approximate surface area is 165 Å². The highest BCUT2D eigenvalue weighted by atomic mass is 16.5. The van der Waals surface area contributed by atoms with Crippen molar-refractivity contribution in [3.8, 4) is 17.2 Å². The minimum absolute atomic E-state index is 0.0506. The van der Waals surface area contributed by atoms with Crippen LogP contribution in [-0.2, 0) is 16.8 Å². The quantitative estimate of drug-likeness (QED) is 0.646. The van der Waals surface area contributed by atoms with Crippen LogP contribution in [-0.4, -0.2) is 34.7 Å². The van der Waals surface area contributed by atoms with Gasteiger partial charge in [-0.3, -0.25) is 4.79 Å². The van der Waals surface area contributed by atoms with E-state index in [2.05, 4.69) is 31.0 Å². The Balaban J connectivity index is 1.53. The Kier molecular flexibility index (Phi) is 5.78. The van der Waals surface area contributed by atoms with E-state index >= 15 is 0 Å². The molecule has 1 aromatic heterocycles. The number of hydrogen-bond acceptors (Lipinski definition) is 5. The first-order valence-electron chi connectivity index (χ1n) is 9.18. The Hall–Kier alpha value is -3.15. The SMILES string of the molecule is CN(Cc1nnc(-c2ccccc2)o1)C(=O)COc1ccc(C(C)(C)C)cc1. The van der Waals surface area contributed by atoms with E-state index < -0.39 is 0 Å². The minimum atomic E-state index is -0.167. The number of hydrogen-bond donors (Lipinski definition) is 0. The topological polar surface area (TPSA) is 68.5 Å². The predicted molar refractivity (Wildman–Crippen MR) is 107 cm³/mol. The van der Waals surface area contributed by atoms with Crippen molar-refractivity contribution in [1.29, 1.82) is 0 Å². The fraction of sp³-hybridized carbons (Fsp3) is 0.318. The molecule has 6 heteroatoms. The summed E-state index contributed by atoms with van der Waals surface area (Å²) in [5, 5.41) is 8.05. The zero-order valence-corrected chi connectivity index (χ0v) is 16.7. The van der Waals surface area contributed by atoms with Crippen LogP contribution in [0, 0.1) is 0 Å². The summed E-state index contributed by atoms with van der Waals surface area (Å²) in [6.07, 6.45) is 0. The molecule has 6 nitrogen and oxygen atoms in total. The van der Waals surface area contributed by atoms with Gasteiger partial charge in [0.05, 0.1) is 6.54 Å². The highest BCUT2D eigenvalue weighted by Gasteiger charge is 2.16. The Morgan fingerprint density at radius 3 is 2.36 bits per heavy atom. The lowest BCUT2D eigenvalue weighted by molar-refractivity contribution is -0.132. The molecule has 2 aromatic carbocycles. The fourth-order valence-electron chi connectivity index (χ4n) is 2.61. The van der Waals surface area contributed by atoms with E-state index in [1.807, 2.05) is 54.6 Å². The first kappa shape index (κ1) is 19.6. The van der Waals surface area contributed by atoms with Crippen LogP contribution in [0.1, 0.15) is 32.2 Å². The summed E-state index contributed by atoms with van der Waals surface area (Å²) in [4.78, 5) is 13.8. The summed E-state index contributed by atoms with van der Waals surface area (Å²) in [5.74, 6) is 1.31. The number of ether oxygens (including phenoxy) is 1. The Morgan fingerprint density at radius 2 is 1.71 bits per heavy atom. The number of carbonyl (C=O) groups excluding carboxylic acids is 1. The molecule has 3 aromatic rings. The third-order valence-electron chi connectivity index (χ3n) is 4.37. The number of likely N-dealkylation sites (N-methyl/N-ethyl adjacent to an activating group) is 1. The standard InChI is InChI=1S/C22H25N3O3/c1-22(2,3)17-10-12-18(13-11-17)27-15-20(26)25(4)14-19-23-24-21(28-19)16-8-6-5-7-9-16/h5-13H,14-15H2,1-4H3. The lowest BCUT2D eigenvalue weighted by Gasteiger charge is -2.19. The van der Waals surface area contributed by atoms with Crippen molar-refractivity contribution in [3.63, 3.8) is 0 Å². The van der Waals surface area contributed by atoms with Crippen molar-refractivity contribution < 1.29 is 13.9 Å². The van der Waals surface area contributed by atoms with E-state index in [0.717, 1.165) is 5.56 Å². The average molecular weight is 379 g/mol. The van der Waals surface area contributed by atoms with Crippen molar-refractivity contribution in [3.05, 3.63) is 66.1 Å². The minimum Gasteiger partial charge on any atom is -0.484 e. The molecule has 0 spiro atoms. The second kappa shape index (κ2) is 8.25. The molecule has 0 aliphatic heterocycles. The highest BCUT2D eigenvalue weighted by molar-refractivity contribution is 5.77. The lowest BCUT2D eigenvalue weighted by atomic mass is 9.87. The van der Waals surface area contributed by atoms with Crippen LogP contribution >= 0.6 is 0 Å². The summed E-state index contributed by atoms with van der Waals surface area (Å²) in [6.45, 7) is 6.64. The first-order valence-corrected chi connectivity index (χ1v) is 9.18. The molecule has 0 radical (unpaired) electrons. The monoisotopic (exact) mass is 379 g/mol. The van der Waals surface area contributed by atoms with Crippen LogP contribution in [0.15, 0.2) is 59.0 Å². The summed E-state index contributed by atoms with van der Waals surface area (Å²) in [7, 11) is 1.68.